The number of benzene rings is 2. The molecule has 1 aliphatic carbocycles. The number of hydrogen-bond acceptors (Lipinski definition) is 5. The molecule has 4 rings (SSSR count). The monoisotopic (exact) mass is 448 g/mol. The summed E-state index contributed by atoms with van der Waals surface area (Å²) in [4.78, 5) is 51.7. The number of carbonyl (C=O) groups is 4. The lowest BCUT2D eigenvalue weighted by Gasteiger charge is -2.43. The molecule has 1 saturated heterocycles. The van der Waals surface area contributed by atoms with Gasteiger partial charge in [0.15, 0.2) is 5.78 Å². The first-order chi connectivity index (χ1) is 15.6. The Morgan fingerprint density at radius 2 is 1.64 bits per heavy atom. The zero-order valence-corrected chi connectivity index (χ0v) is 19.1. The molecule has 1 spiro atoms. The number of imide groups is 1. The van der Waals surface area contributed by atoms with Crippen LogP contribution in [-0.2, 0) is 9.59 Å². The van der Waals surface area contributed by atoms with E-state index in [2.05, 4.69) is 26.1 Å². The molecule has 1 heterocycles. The highest BCUT2D eigenvalue weighted by Crippen LogP contribution is 2.46. The van der Waals surface area contributed by atoms with Crippen molar-refractivity contribution in [3.05, 3.63) is 65.7 Å². The number of hydrogen-bond donors (Lipinski definition) is 1. The number of carbonyl (C=O) groups excluding carboxylic acids is 4. The quantitative estimate of drug-likeness (QED) is 0.323. The summed E-state index contributed by atoms with van der Waals surface area (Å²) in [5.74, 6) is -0.711. The van der Waals surface area contributed by atoms with E-state index in [0.29, 0.717) is 24.0 Å². The molecule has 7 heteroatoms. The SMILES string of the molecule is C[C@@H]1CC(C)(C)C[C@]2(C1)NC(=O)N(CC(=O)Oc1ccc(C(=O)c3ccccc3)cc1)C2=O. The van der Waals surface area contributed by atoms with Crippen LogP contribution in [0.1, 0.15) is 56.0 Å². The van der Waals surface area contributed by atoms with Crippen LogP contribution in [0.25, 0.3) is 0 Å². The third kappa shape index (κ3) is 4.67. The molecule has 33 heavy (non-hydrogen) atoms. The predicted octanol–water partition coefficient (Wildman–Crippen LogP) is 3.96. The van der Waals surface area contributed by atoms with Gasteiger partial charge in [0.2, 0.25) is 0 Å². The van der Waals surface area contributed by atoms with E-state index in [1.54, 1.807) is 36.4 Å². The van der Waals surface area contributed by atoms with Crippen molar-refractivity contribution in [1.82, 2.24) is 10.2 Å². The molecule has 2 aliphatic rings. The smallest absolute Gasteiger partial charge is 0.331 e. The molecule has 0 bridgehead atoms. The lowest BCUT2D eigenvalue weighted by Crippen LogP contribution is -2.54. The minimum absolute atomic E-state index is 0.0872. The van der Waals surface area contributed by atoms with Crippen LogP contribution in [0.3, 0.4) is 0 Å². The van der Waals surface area contributed by atoms with Gasteiger partial charge in [-0.2, -0.15) is 0 Å². The van der Waals surface area contributed by atoms with E-state index in [0.717, 1.165) is 11.3 Å². The van der Waals surface area contributed by atoms with Gasteiger partial charge in [-0.15, -0.1) is 0 Å². The first-order valence-electron chi connectivity index (χ1n) is 11.1. The van der Waals surface area contributed by atoms with Crippen molar-refractivity contribution in [1.29, 1.82) is 0 Å². The molecule has 3 amide bonds. The van der Waals surface area contributed by atoms with Crippen LogP contribution >= 0.6 is 0 Å². The topological polar surface area (TPSA) is 92.8 Å². The van der Waals surface area contributed by atoms with Crippen molar-refractivity contribution in [2.24, 2.45) is 11.3 Å². The summed E-state index contributed by atoms with van der Waals surface area (Å²) in [6, 6.07) is 14.5. The summed E-state index contributed by atoms with van der Waals surface area (Å²) < 4.78 is 5.33. The predicted molar refractivity (Wildman–Crippen MR) is 122 cm³/mol. The number of rotatable bonds is 5. The summed E-state index contributed by atoms with van der Waals surface area (Å²) in [6.07, 6.45) is 2.07. The van der Waals surface area contributed by atoms with Gasteiger partial charge in [-0.05, 0) is 54.9 Å². The van der Waals surface area contributed by atoms with Crippen LogP contribution in [0.15, 0.2) is 54.6 Å². The van der Waals surface area contributed by atoms with Crippen molar-refractivity contribution in [3.8, 4) is 5.75 Å². The van der Waals surface area contributed by atoms with Crippen molar-refractivity contribution >= 4 is 23.7 Å². The number of nitrogens with zero attached hydrogens (tertiary/aromatic N) is 1. The lowest BCUT2D eigenvalue weighted by molar-refractivity contribution is -0.142. The van der Waals surface area contributed by atoms with E-state index in [1.807, 2.05) is 6.07 Å². The second kappa shape index (κ2) is 8.46. The highest BCUT2D eigenvalue weighted by molar-refractivity contribution is 6.09. The molecule has 172 valence electrons. The normalized spacial score (nSPS) is 24.0. The standard InChI is InChI=1S/C26H28N2O5/c1-17-13-25(2,3)16-26(14-17)23(31)28(24(32)27-26)15-21(29)33-20-11-9-19(10-12-20)22(30)18-7-5-4-6-8-18/h4-12,17H,13-16H2,1-3H3,(H,27,32)/t17-,26+/m1/s1. The van der Waals surface area contributed by atoms with Crippen molar-refractivity contribution in [2.75, 3.05) is 6.54 Å². The fourth-order valence-corrected chi connectivity index (χ4v) is 5.37. The van der Waals surface area contributed by atoms with E-state index in [1.165, 1.54) is 12.1 Å². The van der Waals surface area contributed by atoms with Crippen LogP contribution in [-0.4, -0.2) is 40.7 Å². The molecule has 1 saturated carbocycles. The van der Waals surface area contributed by atoms with E-state index in [-0.39, 0.29) is 28.8 Å². The van der Waals surface area contributed by atoms with Gasteiger partial charge in [0, 0.05) is 11.1 Å². The third-order valence-corrected chi connectivity index (χ3v) is 6.30. The zero-order chi connectivity index (χ0) is 23.8. The first-order valence-corrected chi connectivity index (χ1v) is 11.1. The minimum atomic E-state index is -0.960. The maximum Gasteiger partial charge on any atom is 0.331 e. The Morgan fingerprint density at radius 1 is 1.00 bits per heavy atom. The van der Waals surface area contributed by atoms with E-state index in [4.69, 9.17) is 4.74 Å². The van der Waals surface area contributed by atoms with Gasteiger partial charge in [-0.25, -0.2) is 9.59 Å². The summed E-state index contributed by atoms with van der Waals surface area (Å²) in [5.41, 5.74) is -0.0189. The molecule has 2 aromatic rings. The van der Waals surface area contributed by atoms with Crippen LogP contribution in [0.2, 0.25) is 0 Å². The Bertz CT molecular complexity index is 1090. The molecular formula is C26H28N2O5. The molecule has 0 radical (unpaired) electrons. The maximum absolute atomic E-state index is 13.2. The molecule has 0 unspecified atom stereocenters. The van der Waals surface area contributed by atoms with E-state index >= 15 is 0 Å². The van der Waals surface area contributed by atoms with Gasteiger partial charge in [0.1, 0.15) is 17.8 Å². The van der Waals surface area contributed by atoms with Gasteiger partial charge < -0.3 is 10.1 Å². The highest BCUT2D eigenvalue weighted by Gasteiger charge is 2.56. The second-order valence-corrected chi connectivity index (χ2v) is 9.95. The first kappa shape index (κ1) is 22.7. The molecule has 2 fully saturated rings. The number of nitrogens with one attached hydrogen (secondary N) is 1. The van der Waals surface area contributed by atoms with Crippen LogP contribution in [0.4, 0.5) is 4.79 Å². The maximum atomic E-state index is 13.2. The third-order valence-electron chi connectivity index (χ3n) is 6.30. The number of ketones is 1. The second-order valence-electron chi connectivity index (χ2n) is 9.95. The number of urea groups is 1. The van der Waals surface area contributed by atoms with Crippen molar-refractivity contribution in [3.63, 3.8) is 0 Å². The van der Waals surface area contributed by atoms with Crippen molar-refractivity contribution < 1.29 is 23.9 Å². The zero-order valence-electron chi connectivity index (χ0n) is 19.1. The molecule has 7 nitrogen and oxygen atoms in total. The Kier molecular flexibility index (Phi) is 5.82. The molecule has 2 aromatic carbocycles. The van der Waals surface area contributed by atoms with Gasteiger partial charge in [0.05, 0.1) is 0 Å². The van der Waals surface area contributed by atoms with Gasteiger partial charge >= 0.3 is 12.0 Å². The molecule has 2 atom stereocenters. The number of esters is 1. The minimum Gasteiger partial charge on any atom is -0.425 e. The highest BCUT2D eigenvalue weighted by atomic mass is 16.5. The summed E-state index contributed by atoms with van der Waals surface area (Å²) in [7, 11) is 0. The molecular weight excluding hydrogens is 420 g/mol. The number of amides is 3. The average molecular weight is 449 g/mol. The molecule has 1 N–H and O–H groups in total. The molecule has 0 aromatic heterocycles. The Morgan fingerprint density at radius 3 is 2.27 bits per heavy atom. The van der Waals surface area contributed by atoms with Crippen LogP contribution in [0.5, 0.6) is 5.75 Å². The Labute approximate surface area is 193 Å². The lowest BCUT2D eigenvalue weighted by atomic mass is 9.64. The van der Waals surface area contributed by atoms with Crippen LogP contribution in [0, 0.1) is 11.3 Å². The number of ether oxygens (including phenoxy) is 1. The Balaban J connectivity index is 1.40. The van der Waals surface area contributed by atoms with E-state index in [9.17, 15) is 19.2 Å². The fraction of sp³-hybridized carbons (Fsp3) is 0.385. The van der Waals surface area contributed by atoms with Gasteiger partial charge in [-0.1, -0.05) is 51.1 Å². The van der Waals surface area contributed by atoms with Crippen molar-refractivity contribution in [2.45, 2.75) is 45.6 Å². The largest absolute Gasteiger partial charge is 0.425 e. The van der Waals surface area contributed by atoms with Gasteiger partial charge in [-0.3, -0.25) is 14.5 Å². The fourth-order valence-electron chi connectivity index (χ4n) is 5.37. The summed E-state index contributed by atoms with van der Waals surface area (Å²) in [6.45, 7) is 5.79. The Hall–Kier alpha value is -3.48. The summed E-state index contributed by atoms with van der Waals surface area (Å²) >= 11 is 0. The van der Waals surface area contributed by atoms with Gasteiger partial charge in [0.25, 0.3) is 5.91 Å². The average Bonchev–Trinajstić information content (AvgIpc) is 2.96. The van der Waals surface area contributed by atoms with E-state index < -0.39 is 24.1 Å². The van der Waals surface area contributed by atoms with Crippen LogP contribution < -0.4 is 10.1 Å². The summed E-state index contributed by atoms with van der Waals surface area (Å²) in [5, 5.41) is 2.85. The molecule has 1 aliphatic heterocycles.